The Morgan fingerprint density at radius 2 is 1.78 bits per heavy atom. The fourth-order valence-corrected chi connectivity index (χ4v) is 2.17. The van der Waals surface area contributed by atoms with Crippen molar-refractivity contribution in [3.8, 4) is 0 Å². The predicted molar refractivity (Wildman–Crippen MR) is 70.3 cm³/mol. The van der Waals surface area contributed by atoms with E-state index in [0.29, 0.717) is 6.42 Å². The molecule has 0 aliphatic heterocycles. The molecule has 0 aliphatic rings. The van der Waals surface area contributed by atoms with Crippen LogP contribution >= 0.6 is 0 Å². The van der Waals surface area contributed by atoms with E-state index in [4.69, 9.17) is 4.74 Å². The van der Waals surface area contributed by atoms with Gasteiger partial charge in [0.05, 0.1) is 12.5 Å². The molecule has 18 heavy (non-hydrogen) atoms. The molecule has 0 heterocycles. The molecule has 0 radical (unpaired) electrons. The van der Waals surface area contributed by atoms with Crippen LogP contribution in [0.3, 0.4) is 0 Å². The van der Waals surface area contributed by atoms with E-state index in [-0.39, 0.29) is 17.7 Å². The first kappa shape index (κ1) is 14.4. The van der Waals surface area contributed by atoms with Crippen molar-refractivity contribution in [1.82, 2.24) is 0 Å². The first-order valence-electron chi connectivity index (χ1n) is 6.02. The van der Waals surface area contributed by atoms with E-state index in [2.05, 4.69) is 0 Å². The molecule has 0 saturated carbocycles. The predicted octanol–water partition coefficient (Wildman–Crippen LogP) is 2.95. The normalized spacial score (nSPS) is 12.9. The Morgan fingerprint density at radius 3 is 2.22 bits per heavy atom. The highest BCUT2D eigenvalue weighted by atomic mass is 16.5. The summed E-state index contributed by atoms with van der Waals surface area (Å²) < 4.78 is 4.85. The molecule has 0 saturated heterocycles. The van der Waals surface area contributed by atoms with E-state index in [0.717, 1.165) is 5.56 Å². The Balaban J connectivity index is 3.13. The molecule has 1 aromatic carbocycles. The third-order valence-electron chi connectivity index (χ3n) is 3.28. The molecule has 1 unspecified atom stereocenters. The summed E-state index contributed by atoms with van der Waals surface area (Å²) >= 11 is 0. The molecule has 0 bridgehead atoms. The lowest BCUT2D eigenvalue weighted by Crippen LogP contribution is -2.33. The molecule has 1 atom stereocenters. The average Bonchev–Trinajstić information content (AvgIpc) is 2.35. The number of carbonyl (C=O) groups is 2. The van der Waals surface area contributed by atoms with Crippen LogP contribution in [-0.2, 0) is 14.3 Å². The van der Waals surface area contributed by atoms with Crippen LogP contribution < -0.4 is 0 Å². The number of carbonyl (C=O) groups excluding carboxylic acids is 2. The van der Waals surface area contributed by atoms with Crippen LogP contribution in [0.2, 0.25) is 0 Å². The molecule has 1 rings (SSSR count). The number of ketones is 1. The van der Waals surface area contributed by atoms with Gasteiger partial charge in [0, 0.05) is 12.3 Å². The van der Waals surface area contributed by atoms with Crippen LogP contribution in [0.15, 0.2) is 30.3 Å². The van der Waals surface area contributed by atoms with Gasteiger partial charge in [0.2, 0.25) is 0 Å². The monoisotopic (exact) mass is 248 g/mol. The van der Waals surface area contributed by atoms with Crippen molar-refractivity contribution in [3.63, 3.8) is 0 Å². The number of hydrogen-bond donors (Lipinski definition) is 0. The van der Waals surface area contributed by atoms with Gasteiger partial charge in [-0.3, -0.25) is 4.79 Å². The standard InChI is InChI=1S/C15H20O3/c1-11(16)10-13(12-8-6-5-7-9-12)15(2,3)14(17)18-4/h5-9,13H,10H2,1-4H3. The highest BCUT2D eigenvalue weighted by Gasteiger charge is 2.39. The minimum Gasteiger partial charge on any atom is -0.469 e. The van der Waals surface area contributed by atoms with E-state index >= 15 is 0 Å². The number of benzene rings is 1. The van der Waals surface area contributed by atoms with Crippen molar-refractivity contribution in [1.29, 1.82) is 0 Å². The lowest BCUT2D eigenvalue weighted by molar-refractivity contribution is -0.152. The lowest BCUT2D eigenvalue weighted by atomic mass is 9.72. The summed E-state index contributed by atoms with van der Waals surface area (Å²) in [5.41, 5.74) is 0.269. The van der Waals surface area contributed by atoms with Gasteiger partial charge in [0.25, 0.3) is 0 Å². The molecule has 98 valence electrons. The minimum absolute atomic E-state index is 0.0702. The van der Waals surface area contributed by atoms with Crippen molar-refractivity contribution >= 4 is 11.8 Å². The SMILES string of the molecule is COC(=O)C(C)(C)C(CC(C)=O)c1ccccc1. The van der Waals surface area contributed by atoms with Crippen molar-refractivity contribution in [2.24, 2.45) is 5.41 Å². The quantitative estimate of drug-likeness (QED) is 0.752. The molecule has 0 aromatic heterocycles. The summed E-state index contributed by atoms with van der Waals surface area (Å²) in [6.45, 7) is 5.18. The van der Waals surface area contributed by atoms with Crippen LogP contribution in [-0.4, -0.2) is 18.9 Å². The van der Waals surface area contributed by atoms with Crippen LogP contribution in [0.5, 0.6) is 0 Å². The van der Waals surface area contributed by atoms with Crippen LogP contribution in [0, 0.1) is 5.41 Å². The molecule has 0 aliphatic carbocycles. The molecule has 1 aromatic rings. The van der Waals surface area contributed by atoms with E-state index in [9.17, 15) is 9.59 Å². The van der Waals surface area contributed by atoms with Gasteiger partial charge in [-0.25, -0.2) is 0 Å². The second-order valence-electron chi connectivity index (χ2n) is 5.08. The number of ether oxygens (including phenoxy) is 1. The number of rotatable bonds is 5. The Morgan fingerprint density at radius 1 is 1.22 bits per heavy atom. The summed E-state index contributed by atoms with van der Waals surface area (Å²) in [5.74, 6) is -0.387. The highest BCUT2D eigenvalue weighted by molar-refractivity contribution is 5.81. The zero-order chi connectivity index (χ0) is 13.8. The van der Waals surface area contributed by atoms with E-state index in [1.54, 1.807) is 6.92 Å². The van der Waals surface area contributed by atoms with Gasteiger partial charge >= 0.3 is 5.97 Å². The minimum atomic E-state index is -0.720. The molecular formula is C15H20O3. The summed E-state index contributed by atoms with van der Waals surface area (Å²) in [7, 11) is 1.37. The van der Waals surface area contributed by atoms with Gasteiger partial charge in [-0.15, -0.1) is 0 Å². The zero-order valence-electron chi connectivity index (χ0n) is 11.4. The van der Waals surface area contributed by atoms with Crippen molar-refractivity contribution in [2.75, 3.05) is 7.11 Å². The average molecular weight is 248 g/mol. The summed E-state index contributed by atoms with van der Waals surface area (Å²) in [6.07, 6.45) is 0.339. The third kappa shape index (κ3) is 3.19. The van der Waals surface area contributed by atoms with Gasteiger partial charge < -0.3 is 9.53 Å². The maximum Gasteiger partial charge on any atom is 0.311 e. The second kappa shape index (κ2) is 5.80. The fourth-order valence-electron chi connectivity index (χ4n) is 2.17. The van der Waals surface area contributed by atoms with Crippen molar-refractivity contribution in [2.45, 2.75) is 33.1 Å². The highest BCUT2D eigenvalue weighted by Crippen LogP contribution is 2.39. The van der Waals surface area contributed by atoms with Crippen LogP contribution in [0.25, 0.3) is 0 Å². The van der Waals surface area contributed by atoms with Gasteiger partial charge in [-0.2, -0.15) is 0 Å². The topological polar surface area (TPSA) is 43.4 Å². The third-order valence-corrected chi connectivity index (χ3v) is 3.28. The van der Waals surface area contributed by atoms with Crippen molar-refractivity contribution in [3.05, 3.63) is 35.9 Å². The van der Waals surface area contributed by atoms with Gasteiger partial charge in [0.1, 0.15) is 5.78 Å². The molecule has 0 amide bonds. The molecule has 3 heteroatoms. The molecular weight excluding hydrogens is 228 g/mol. The van der Waals surface area contributed by atoms with Gasteiger partial charge in [-0.1, -0.05) is 30.3 Å². The Bertz CT molecular complexity index is 421. The lowest BCUT2D eigenvalue weighted by Gasteiger charge is -2.31. The first-order valence-corrected chi connectivity index (χ1v) is 6.02. The molecule has 0 N–H and O–H groups in total. The molecule has 3 nitrogen and oxygen atoms in total. The Labute approximate surface area is 108 Å². The smallest absolute Gasteiger partial charge is 0.311 e. The van der Waals surface area contributed by atoms with Gasteiger partial charge in [-0.05, 0) is 26.3 Å². The number of esters is 1. The van der Waals surface area contributed by atoms with Crippen molar-refractivity contribution < 1.29 is 14.3 Å². The van der Waals surface area contributed by atoms with Crippen LogP contribution in [0.1, 0.15) is 38.7 Å². The van der Waals surface area contributed by atoms with E-state index in [1.165, 1.54) is 7.11 Å². The van der Waals surface area contributed by atoms with E-state index < -0.39 is 5.41 Å². The summed E-state index contributed by atoms with van der Waals surface area (Å²) in [5, 5.41) is 0. The Kier molecular flexibility index (Phi) is 4.65. The zero-order valence-corrected chi connectivity index (χ0v) is 11.4. The maximum absolute atomic E-state index is 11.9. The maximum atomic E-state index is 11.9. The second-order valence-corrected chi connectivity index (χ2v) is 5.08. The number of Topliss-reactive ketones (excluding diaryl/α,β-unsaturated/α-hetero) is 1. The number of methoxy groups -OCH3 is 1. The summed E-state index contributed by atoms with van der Waals surface area (Å²) in [4.78, 5) is 23.3. The largest absolute Gasteiger partial charge is 0.469 e. The fraction of sp³-hybridized carbons (Fsp3) is 0.467. The first-order chi connectivity index (χ1) is 8.39. The molecule has 0 fully saturated rings. The summed E-state index contributed by atoms with van der Waals surface area (Å²) in [6, 6.07) is 9.63. The van der Waals surface area contributed by atoms with Gasteiger partial charge in [0.15, 0.2) is 0 Å². The number of hydrogen-bond acceptors (Lipinski definition) is 3. The Hall–Kier alpha value is -1.64. The van der Waals surface area contributed by atoms with E-state index in [1.807, 2.05) is 44.2 Å². The van der Waals surface area contributed by atoms with Crippen LogP contribution in [0.4, 0.5) is 0 Å². The molecule has 0 spiro atoms.